The third kappa shape index (κ3) is 3.06. The van der Waals surface area contributed by atoms with Crippen molar-refractivity contribution in [2.75, 3.05) is 13.2 Å². The lowest BCUT2D eigenvalue weighted by Gasteiger charge is -2.25. The Balaban J connectivity index is 2.53. The lowest BCUT2D eigenvalue weighted by atomic mass is 10.1. The molecule has 82 valence electrons. The van der Waals surface area contributed by atoms with Crippen LogP contribution in [0.2, 0.25) is 0 Å². The standard InChI is InChI=1S/C10H14N2O3/c1-10(6-13,7-14)12-5-9-3-2-8(4-11)15-9/h2-3,12-14H,5-7H2,1H3. The van der Waals surface area contributed by atoms with Gasteiger partial charge in [-0.25, -0.2) is 0 Å². The van der Waals surface area contributed by atoms with Gasteiger partial charge in [-0.05, 0) is 19.1 Å². The number of hydrogen-bond donors (Lipinski definition) is 3. The van der Waals surface area contributed by atoms with Gasteiger partial charge in [0, 0.05) is 0 Å². The molecule has 0 spiro atoms. The number of hydrogen-bond acceptors (Lipinski definition) is 5. The summed E-state index contributed by atoms with van der Waals surface area (Å²) in [5.41, 5.74) is -0.737. The van der Waals surface area contributed by atoms with Crippen LogP contribution in [0.1, 0.15) is 18.4 Å². The van der Waals surface area contributed by atoms with Gasteiger partial charge in [0.2, 0.25) is 5.76 Å². The van der Waals surface area contributed by atoms with Gasteiger partial charge in [0.25, 0.3) is 0 Å². The van der Waals surface area contributed by atoms with E-state index in [1.165, 1.54) is 0 Å². The van der Waals surface area contributed by atoms with Crippen molar-refractivity contribution in [2.24, 2.45) is 0 Å². The van der Waals surface area contributed by atoms with Crippen molar-refractivity contribution in [3.63, 3.8) is 0 Å². The number of aliphatic hydroxyl groups is 2. The Hall–Kier alpha value is -1.35. The quantitative estimate of drug-likeness (QED) is 0.635. The van der Waals surface area contributed by atoms with Gasteiger partial charge in [0.05, 0.1) is 25.3 Å². The molecule has 5 nitrogen and oxygen atoms in total. The predicted octanol–water partition coefficient (Wildman–Crippen LogP) is -0.0158. The van der Waals surface area contributed by atoms with E-state index in [0.29, 0.717) is 12.3 Å². The molecule has 0 saturated carbocycles. The van der Waals surface area contributed by atoms with Gasteiger partial charge < -0.3 is 19.9 Å². The molecule has 0 aliphatic rings. The average Bonchev–Trinajstić information content (AvgIpc) is 2.74. The molecular weight excluding hydrogens is 196 g/mol. The van der Waals surface area contributed by atoms with Gasteiger partial charge in [-0.2, -0.15) is 5.26 Å². The first-order valence-corrected chi connectivity index (χ1v) is 4.59. The molecule has 5 heteroatoms. The predicted molar refractivity (Wildman–Crippen MR) is 52.8 cm³/mol. The molecule has 1 heterocycles. The topological polar surface area (TPSA) is 89.4 Å². The lowest BCUT2D eigenvalue weighted by molar-refractivity contribution is 0.101. The van der Waals surface area contributed by atoms with E-state index >= 15 is 0 Å². The Morgan fingerprint density at radius 1 is 1.47 bits per heavy atom. The van der Waals surface area contributed by atoms with E-state index in [0.717, 1.165) is 0 Å². The number of nitriles is 1. The van der Waals surface area contributed by atoms with Crippen LogP contribution in [0.4, 0.5) is 0 Å². The summed E-state index contributed by atoms with van der Waals surface area (Å²) in [6, 6.07) is 5.14. The second-order valence-electron chi connectivity index (χ2n) is 3.61. The second kappa shape index (κ2) is 4.94. The molecular formula is C10H14N2O3. The van der Waals surface area contributed by atoms with Crippen molar-refractivity contribution in [1.29, 1.82) is 5.26 Å². The van der Waals surface area contributed by atoms with Crippen LogP contribution in [0.25, 0.3) is 0 Å². The van der Waals surface area contributed by atoms with Gasteiger partial charge >= 0.3 is 0 Å². The molecule has 3 N–H and O–H groups in total. The number of nitrogens with one attached hydrogen (secondary N) is 1. The Kier molecular flexibility index (Phi) is 3.86. The zero-order valence-electron chi connectivity index (χ0n) is 8.53. The van der Waals surface area contributed by atoms with Gasteiger partial charge in [-0.15, -0.1) is 0 Å². The molecule has 0 atom stereocenters. The molecule has 1 aromatic heterocycles. The fraction of sp³-hybridized carbons (Fsp3) is 0.500. The number of nitrogens with zero attached hydrogens (tertiary/aromatic N) is 1. The van der Waals surface area contributed by atoms with Crippen LogP contribution in [0, 0.1) is 11.3 Å². The summed E-state index contributed by atoms with van der Waals surface area (Å²) in [6.07, 6.45) is 0. The molecule has 0 aliphatic carbocycles. The van der Waals surface area contributed by atoms with Crippen LogP contribution < -0.4 is 5.32 Å². The van der Waals surface area contributed by atoms with Crippen LogP contribution >= 0.6 is 0 Å². The fourth-order valence-corrected chi connectivity index (χ4v) is 0.995. The van der Waals surface area contributed by atoms with Gasteiger partial charge in [0.1, 0.15) is 11.8 Å². The molecule has 0 radical (unpaired) electrons. The van der Waals surface area contributed by atoms with E-state index in [4.69, 9.17) is 19.9 Å². The minimum Gasteiger partial charge on any atom is -0.449 e. The summed E-state index contributed by atoms with van der Waals surface area (Å²) < 4.78 is 5.13. The Bertz CT molecular complexity index is 350. The SMILES string of the molecule is CC(CO)(CO)NCc1ccc(C#N)o1. The third-order valence-electron chi connectivity index (χ3n) is 2.16. The summed E-state index contributed by atoms with van der Waals surface area (Å²) >= 11 is 0. The van der Waals surface area contributed by atoms with Crippen molar-refractivity contribution in [3.05, 3.63) is 23.7 Å². The minimum atomic E-state index is -0.737. The van der Waals surface area contributed by atoms with Crippen molar-refractivity contribution in [1.82, 2.24) is 5.32 Å². The van der Waals surface area contributed by atoms with Gasteiger partial charge in [0.15, 0.2) is 0 Å². The number of furan rings is 1. The molecule has 0 aromatic carbocycles. The van der Waals surface area contributed by atoms with Crippen molar-refractivity contribution < 1.29 is 14.6 Å². The molecule has 1 aromatic rings. The highest BCUT2D eigenvalue weighted by molar-refractivity contribution is 5.19. The molecule has 0 saturated heterocycles. The summed E-state index contributed by atoms with van der Waals surface area (Å²) in [5.74, 6) is 0.848. The molecule has 0 amide bonds. The molecule has 1 rings (SSSR count). The number of aliphatic hydroxyl groups excluding tert-OH is 2. The molecule has 0 bridgehead atoms. The van der Waals surface area contributed by atoms with Crippen LogP contribution in [0.15, 0.2) is 16.5 Å². The maximum Gasteiger partial charge on any atom is 0.203 e. The zero-order chi connectivity index (χ0) is 11.3. The van der Waals surface area contributed by atoms with Crippen LogP contribution in [0.3, 0.4) is 0 Å². The number of rotatable bonds is 5. The monoisotopic (exact) mass is 210 g/mol. The molecule has 0 aliphatic heterocycles. The highest BCUT2D eigenvalue weighted by atomic mass is 16.3. The van der Waals surface area contributed by atoms with Crippen molar-refractivity contribution >= 4 is 0 Å². The first kappa shape index (κ1) is 11.7. The van der Waals surface area contributed by atoms with Crippen LogP contribution in [0.5, 0.6) is 0 Å². The van der Waals surface area contributed by atoms with Gasteiger partial charge in [-0.1, -0.05) is 0 Å². The average molecular weight is 210 g/mol. The Labute approximate surface area is 87.9 Å². The van der Waals surface area contributed by atoms with Crippen LogP contribution in [-0.4, -0.2) is 29.0 Å². The highest BCUT2D eigenvalue weighted by Crippen LogP contribution is 2.08. The highest BCUT2D eigenvalue weighted by Gasteiger charge is 2.21. The lowest BCUT2D eigenvalue weighted by Crippen LogP contribution is -2.48. The Morgan fingerprint density at radius 2 is 2.13 bits per heavy atom. The van der Waals surface area contributed by atoms with Gasteiger partial charge in [-0.3, -0.25) is 0 Å². The Morgan fingerprint density at radius 3 is 2.60 bits per heavy atom. The van der Waals surface area contributed by atoms with Crippen molar-refractivity contribution in [3.8, 4) is 6.07 Å². The summed E-state index contributed by atoms with van der Waals surface area (Å²) in [7, 11) is 0. The van der Waals surface area contributed by atoms with E-state index in [1.54, 1.807) is 19.1 Å². The second-order valence-corrected chi connectivity index (χ2v) is 3.61. The molecule has 0 fully saturated rings. The fourth-order valence-electron chi connectivity index (χ4n) is 0.995. The third-order valence-corrected chi connectivity index (χ3v) is 2.16. The van der Waals surface area contributed by atoms with Crippen molar-refractivity contribution in [2.45, 2.75) is 19.0 Å². The largest absolute Gasteiger partial charge is 0.449 e. The first-order valence-electron chi connectivity index (χ1n) is 4.59. The summed E-state index contributed by atoms with van der Waals surface area (Å²) in [5, 5.41) is 29.5. The zero-order valence-corrected chi connectivity index (χ0v) is 8.53. The molecule has 0 unspecified atom stereocenters. The first-order chi connectivity index (χ1) is 7.13. The van der Waals surface area contributed by atoms with E-state index < -0.39 is 5.54 Å². The maximum absolute atomic E-state index is 9.01. The summed E-state index contributed by atoms with van der Waals surface area (Å²) in [4.78, 5) is 0. The van der Waals surface area contributed by atoms with E-state index in [9.17, 15) is 0 Å². The van der Waals surface area contributed by atoms with E-state index in [2.05, 4.69) is 5.32 Å². The van der Waals surface area contributed by atoms with E-state index in [1.807, 2.05) is 6.07 Å². The molecule has 15 heavy (non-hydrogen) atoms. The smallest absolute Gasteiger partial charge is 0.203 e. The normalized spacial score (nSPS) is 11.3. The maximum atomic E-state index is 9.01. The minimum absolute atomic E-state index is 0.171. The summed E-state index contributed by atoms with van der Waals surface area (Å²) in [6.45, 7) is 1.71. The van der Waals surface area contributed by atoms with Crippen LogP contribution in [-0.2, 0) is 6.54 Å². The van der Waals surface area contributed by atoms with E-state index in [-0.39, 0.29) is 19.0 Å².